The summed E-state index contributed by atoms with van der Waals surface area (Å²) in [5.41, 5.74) is 11.4. The maximum absolute atomic E-state index is 5.91. The minimum atomic E-state index is 0.273. The summed E-state index contributed by atoms with van der Waals surface area (Å²) in [6, 6.07) is 10.4. The third kappa shape index (κ3) is 2.52. The van der Waals surface area contributed by atoms with E-state index in [1.165, 1.54) is 11.1 Å². The molecule has 0 aromatic heterocycles. The van der Waals surface area contributed by atoms with Crippen LogP contribution in [0.3, 0.4) is 0 Å². The number of hydrogen-bond donors (Lipinski definition) is 2. The Kier molecular flexibility index (Phi) is 3.31. The van der Waals surface area contributed by atoms with Crippen LogP contribution in [0.4, 0.5) is 0 Å². The third-order valence-electron chi connectivity index (χ3n) is 3.76. The summed E-state index contributed by atoms with van der Waals surface area (Å²) in [5.74, 6) is 1.32. The van der Waals surface area contributed by atoms with Crippen molar-refractivity contribution in [3.8, 4) is 0 Å². The highest BCUT2D eigenvalue weighted by Crippen LogP contribution is 2.24. The molecule has 3 N–H and O–H groups in total. The maximum Gasteiger partial charge on any atom is 0.125 e. The van der Waals surface area contributed by atoms with Crippen LogP contribution in [0.2, 0.25) is 0 Å². The first kappa shape index (κ1) is 12.0. The molecule has 2 unspecified atom stereocenters. The van der Waals surface area contributed by atoms with Crippen molar-refractivity contribution in [2.24, 2.45) is 27.7 Å². The number of aliphatic imine (C=N–C) groups is 1. The minimum Gasteiger partial charge on any atom is -0.385 e. The van der Waals surface area contributed by atoms with Gasteiger partial charge >= 0.3 is 0 Å². The molecule has 0 fully saturated rings. The van der Waals surface area contributed by atoms with E-state index in [2.05, 4.69) is 45.9 Å². The first-order chi connectivity index (χ1) is 9.34. The van der Waals surface area contributed by atoms with Crippen molar-refractivity contribution in [1.29, 1.82) is 0 Å². The number of nitrogens with two attached hydrogens (primary N) is 1. The lowest BCUT2D eigenvalue weighted by Gasteiger charge is -2.16. The highest BCUT2D eigenvalue weighted by molar-refractivity contribution is 5.88. The van der Waals surface area contributed by atoms with E-state index < -0.39 is 0 Å². The fraction of sp³-hybridized carbons (Fsp3) is 0.333. The molecular formula is C15H18N4. The molecule has 0 saturated carbocycles. The van der Waals surface area contributed by atoms with Crippen LogP contribution in [-0.2, 0) is 0 Å². The Morgan fingerprint density at radius 1 is 1.21 bits per heavy atom. The summed E-state index contributed by atoms with van der Waals surface area (Å²) in [5, 5.41) is 4.06. The average Bonchev–Trinajstić information content (AvgIpc) is 2.74. The number of benzene rings is 1. The van der Waals surface area contributed by atoms with E-state index >= 15 is 0 Å². The molecular weight excluding hydrogens is 236 g/mol. The molecule has 2 heterocycles. The molecule has 1 aromatic rings. The average molecular weight is 254 g/mol. The number of hydrazone groups is 1. The van der Waals surface area contributed by atoms with Crippen molar-refractivity contribution in [2.75, 3.05) is 13.1 Å². The van der Waals surface area contributed by atoms with Gasteiger partial charge in [-0.05, 0) is 17.6 Å². The lowest BCUT2D eigenvalue weighted by atomic mass is 9.89. The van der Waals surface area contributed by atoms with Crippen LogP contribution in [0.25, 0.3) is 5.57 Å². The smallest absolute Gasteiger partial charge is 0.125 e. The van der Waals surface area contributed by atoms with Gasteiger partial charge in [-0.15, -0.1) is 0 Å². The standard InChI is InChI=1S/C15H18N4/c16-15-14(10-18-19-15)13-7-6-12(8-17-9-13)11-4-2-1-3-5-11/h1-6,9,13-14,18H,7-8,10H2,(H2,16,19). The summed E-state index contributed by atoms with van der Waals surface area (Å²) >= 11 is 0. The van der Waals surface area contributed by atoms with Gasteiger partial charge in [0.1, 0.15) is 5.84 Å². The fourth-order valence-electron chi connectivity index (χ4n) is 2.61. The number of nitrogens with one attached hydrogen (secondary N) is 1. The lowest BCUT2D eigenvalue weighted by Crippen LogP contribution is -2.30. The molecule has 0 spiro atoms. The zero-order chi connectivity index (χ0) is 13.1. The van der Waals surface area contributed by atoms with Gasteiger partial charge < -0.3 is 11.2 Å². The number of nitrogens with zero attached hydrogens (tertiary/aromatic N) is 2. The molecule has 3 rings (SSSR count). The molecule has 2 aliphatic heterocycles. The Labute approximate surface area is 113 Å². The molecule has 98 valence electrons. The Hall–Kier alpha value is -2.10. The van der Waals surface area contributed by atoms with Crippen LogP contribution in [0.1, 0.15) is 12.0 Å². The van der Waals surface area contributed by atoms with E-state index in [-0.39, 0.29) is 5.92 Å². The van der Waals surface area contributed by atoms with Crippen LogP contribution in [0, 0.1) is 11.8 Å². The molecule has 0 saturated heterocycles. The van der Waals surface area contributed by atoms with E-state index in [0.29, 0.717) is 11.8 Å². The maximum atomic E-state index is 5.91. The molecule has 2 atom stereocenters. The second kappa shape index (κ2) is 5.26. The van der Waals surface area contributed by atoms with E-state index in [1.807, 2.05) is 12.3 Å². The largest absolute Gasteiger partial charge is 0.385 e. The second-order valence-corrected chi connectivity index (χ2v) is 4.99. The van der Waals surface area contributed by atoms with Crippen molar-refractivity contribution >= 4 is 17.6 Å². The number of amidine groups is 1. The highest BCUT2D eigenvalue weighted by atomic mass is 15.3. The van der Waals surface area contributed by atoms with Crippen LogP contribution >= 0.6 is 0 Å². The number of allylic oxidation sites excluding steroid dienone is 1. The van der Waals surface area contributed by atoms with Gasteiger partial charge in [-0.3, -0.25) is 4.99 Å². The summed E-state index contributed by atoms with van der Waals surface area (Å²) in [7, 11) is 0. The van der Waals surface area contributed by atoms with Gasteiger partial charge in [-0.2, -0.15) is 5.10 Å². The third-order valence-corrected chi connectivity index (χ3v) is 3.76. The lowest BCUT2D eigenvalue weighted by molar-refractivity contribution is 0.540. The monoisotopic (exact) mass is 254 g/mol. The molecule has 0 aliphatic carbocycles. The zero-order valence-electron chi connectivity index (χ0n) is 10.8. The van der Waals surface area contributed by atoms with Gasteiger partial charge in [0.25, 0.3) is 0 Å². The SMILES string of the molecule is NC1=NNCC1C1C=NCC(c2ccccc2)=CC1. The normalized spacial score (nSPS) is 26.3. The van der Waals surface area contributed by atoms with Gasteiger partial charge in [0.05, 0.1) is 6.54 Å². The van der Waals surface area contributed by atoms with Crippen LogP contribution in [-0.4, -0.2) is 25.1 Å². The van der Waals surface area contributed by atoms with Gasteiger partial charge in [-0.25, -0.2) is 0 Å². The summed E-state index contributed by atoms with van der Waals surface area (Å²) in [6.45, 7) is 1.56. The van der Waals surface area contributed by atoms with Crippen LogP contribution in [0.5, 0.6) is 0 Å². The first-order valence-electron chi connectivity index (χ1n) is 6.65. The van der Waals surface area contributed by atoms with Gasteiger partial charge in [0.15, 0.2) is 0 Å². The van der Waals surface area contributed by atoms with Crippen LogP contribution in [0.15, 0.2) is 46.5 Å². The van der Waals surface area contributed by atoms with Gasteiger partial charge in [0.2, 0.25) is 0 Å². The minimum absolute atomic E-state index is 0.273. The molecule has 1 aromatic carbocycles. The fourth-order valence-corrected chi connectivity index (χ4v) is 2.61. The van der Waals surface area contributed by atoms with Crippen molar-refractivity contribution in [1.82, 2.24) is 5.43 Å². The topological polar surface area (TPSA) is 62.8 Å². The molecule has 0 amide bonds. The quantitative estimate of drug-likeness (QED) is 0.843. The second-order valence-electron chi connectivity index (χ2n) is 4.99. The predicted octanol–water partition coefficient (Wildman–Crippen LogP) is 1.65. The molecule has 19 heavy (non-hydrogen) atoms. The summed E-state index contributed by atoms with van der Waals surface area (Å²) in [6.07, 6.45) is 5.31. The van der Waals surface area contributed by atoms with Gasteiger partial charge in [-0.1, -0.05) is 36.4 Å². The molecule has 4 nitrogen and oxygen atoms in total. The number of rotatable bonds is 2. The molecule has 0 bridgehead atoms. The Morgan fingerprint density at radius 3 is 2.79 bits per heavy atom. The number of hydrogen-bond acceptors (Lipinski definition) is 4. The summed E-state index contributed by atoms with van der Waals surface area (Å²) in [4.78, 5) is 4.56. The van der Waals surface area contributed by atoms with Crippen molar-refractivity contribution < 1.29 is 0 Å². The van der Waals surface area contributed by atoms with Crippen molar-refractivity contribution in [3.05, 3.63) is 42.0 Å². The predicted molar refractivity (Wildman–Crippen MR) is 79.0 cm³/mol. The first-order valence-corrected chi connectivity index (χ1v) is 6.65. The van der Waals surface area contributed by atoms with Crippen molar-refractivity contribution in [3.63, 3.8) is 0 Å². The molecule has 4 heteroatoms. The Balaban J connectivity index is 1.77. The zero-order valence-corrected chi connectivity index (χ0v) is 10.8. The van der Waals surface area contributed by atoms with E-state index in [0.717, 1.165) is 19.5 Å². The van der Waals surface area contributed by atoms with Crippen molar-refractivity contribution in [2.45, 2.75) is 6.42 Å². The van der Waals surface area contributed by atoms with E-state index in [4.69, 9.17) is 5.73 Å². The van der Waals surface area contributed by atoms with E-state index in [9.17, 15) is 0 Å². The highest BCUT2D eigenvalue weighted by Gasteiger charge is 2.27. The summed E-state index contributed by atoms with van der Waals surface area (Å²) < 4.78 is 0. The van der Waals surface area contributed by atoms with E-state index in [1.54, 1.807) is 0 Å². The Bertz CT molecular complexity index is 530. The van der Waals surface area contributed by atoms with Crippen LogP contribution < -0.4 is 11.2 Å². The Morgan fingerprint density at radius 2 is 2.05 bits per heavy atom. The molecule has 0 radical (unpaired) electrons. The van der Waals surface area contributed by atoms with Gasteiger partial charge in [0, 0.05) is 24.6 Å². The molecule has 2 aliphatic rings.